The number of amides is 1. The van der Waals surface area contributed by atoms with Gasteiger partial charge >= 0.3 is 0 Å². The maximum atomic E-state index is 12.2. The number of carbonyl (C=O) groups excluding carboxylic acids is 1. The standard InChI is InChI=1S/C18H28N2O2/c1-15-8-10-20(11-9-15)18(21)14-19(3)12-13-22-17-7-5-4-6-16(17)2/h4-7,15H,8-14H2,1-3H3. The van der Waals surface area contributed by atoms with E-state index in [0.29, 0.717) is 13.2 Å². The van der Waals surface area contributed by atoms with Gasteiger partial charge in [0.1, 0.15) is 12.4 Å². The molecule has 1 aromatic carbocycles. The van der Waals surface area contributed by atoms with Crippen LogP contribution in [-0.2, 0) is 4.79 Å². The van der Waals surface area contributed by atoms with Gasteiger partial charge in [-0.1, -0.05) is 25.1 Å². The summed E-state index contributed by atoms with van der Waals surface area (Å²) in [7, 11) is 1.98. The topological polar surface area (TPSA) is 32.8 Å². The number of hydrogen-bond donors (Lipinski definition) is 0. The van der Waals surface area contributed by atoms with Crippen LogP contribution in [0.1, 0.15) is 25.3 Å². The highest BCUT2D eigenvalue weighted by Crippen LogP contribution is 2.17. The fourth-order valence-corrected chi connectivity index (χ4v) is 2.70. The van der Waals surface area contributed by atoms with E-state index in [2.05, 4.69) is 6.92 Å². The van der Waals surface area contributed by atoms with Crippen LogP contribution in [0.2, 0.25) is 0 Å². The Kier molecular flexibility index (Phi) is 6.25. The van der Waals surface area contributed by atoms with Crippen molar-refractivity contribution >= 4 is 5.91 Å². The minimum Gasteiger partial charge on any atom is -0.492 e. The normalized spacial score (nSPS) is 16.1. The first-order valence-corrected chi connectivity index (χ1v) is 8.21. The summed E-state index contributed by atoms with van der Waals surface area (Å²) in [5.41, 5.74) is 1.14. The predicted molar refractivity (Wildman–Crippen MR) is 89.1 cm³/mol. The van der Waals surface area contributed by atoms with Gasteiger partial charge in [0.25, 0.3) is 0 Å². The van der Waals surface area contributed by atoms with Crippen molar-refractivity contribution in [1.29, 1.82) is 0 Å². The minimum atomic E-state index is 0.241. The van der Waals surface area contributed by atoms with Crippen LogP contribution in [0, 0.1) is 12.8 Å². The molecular weight excluding hydrogens is 276 g/mol. The summed E-state index contributed by atoms with van der Waals surface area (Å²) < 4.78 is 5.78. The molecule has 0 unspecified atom stereocenters. The number of benzene rings is 1. The van der Waals surface area contributed by atoms with Gasteiger partial charge in [0.15, 0.2) is 0 Å². The van der Waals surface area contributed by atoms with E-state index in [1.165, 1.54) is 0 Å². The number of ether oxygens (including phenoxy) is 1. The van der Waals surface area contributed by atoms with E-state index in [4.69, 9.17) is 4.74 Å². The van der Waals surface area contributed by atoms with Crippen molar-refractivity contribution in [2.24, 2.45) is 5.92 Å². The highest BCUT2D eigenvalue weighted by Gasteiger charge is 2.20. The van der Waals surface area contributed by atoms with Gasteiger partial charge in [-0.2, -0.15) is 0 Å². The summed E-state index contributed by atoms with van der Waals surface area (Å²) >= 11 is 0. The Balaban J connectivity index is 1.68. The van der Waals surface area contributed by atoms with E-state index in [1.54, 1.807) is 0 Å². The summed E-state index contributed by atoms with van der Waals surface area (Å²) in [6.45, 7) is 7.96. The summed E-state index contributed by atoms with van der Waals surface area (Å²) in [6, 6.07) is 8.01. The van der Waals surface area contributed by atoms with Crippen molar-refractivity contribution in [3.8, 4) is 5.75 Å². The van der Waals surface area contributed by atoms with Crippen LogP contribution in [0.15, 0.2) is 24.3 Å². The van der Waals surface area contributed by atoms with Crippen molar-refractivity contribution in [3.63, 3.8) is 0 Å². The van der Waals surface area contributed by atoms with Crippen LogP contribution in [0.3, 0.4) is 0 Å². The average molecular weight is 304 g/mol. The predicted octanol–water partition coefficient (Wildman–Crippen LogP) is 2.56. The largest absolute Gasteiger partial charge is 0.492 e. The number of likely N-dealkylation sites (N-methyl/N-ethyl adjacent to an activating group) is 1. The number of para-hydroxylation sites is 1. The Morgan fingerprint density at radius 1 is 1.32 bits per heavy atom. The van der Waals surface area contributed by atoms with Crippen molar-refractivity contribution in [3.05, 3.63) is 29.8 Å². The van der Waals surface area contributed by atoms with Crippen LogP contribution in [0.5, 0.6) is 5.75 Å². The molecule has 1 saturated heterocycles. The molecule has 4 heteroatoms. The molecule has 2 rings (SSSR count). The molecule has 4 nitrogen and oxygen atoms in total. The molecule has 0 bridgehead atoms. The molecule has 1 amide bonds. The Hall–Kier alpha value is -1.55. The molecule has 0 N–H and O–H groups in total. The van der Waals surface area contributed by atoms with Gasteiger partial charge in [-0.15, -0.1) is 0 Å². The average Bonchev–Trinajstić information content (AvgIpc) is 2.50. The fourth-order valence-electron chi connectivity index (χ4n) is 2.70. The van der Waals surface area contributed by atoms with Crippen LogP contribution < -0.4 is 4.74 Å². The second-order valence-corrected chi connectivity index (χ2v) is 6.42. The van der Waals surface area contributed by atoms with Crippen molar-refractivity contribution in [2.75, 3.05) is 39.8 Å². The molecule has 0 saturated carbocycles. The Bertz CT molecular complexity index is 482. The first-order chi connectivity index (χ1) is 10.6. The molecule has 22 heavy (non-hydrogen) atoms. The third-order valence-corrected chi connectivity index (χ3v) is 4.37. The molecule has 1 aliphatic rings. The molecule has 1 heterocycles. The fraction of sp³-hybridized carbons (Fsp3) is 0.611. The lowest BCUT2D eigenvalue weighted by atomic mass is 9.99. The highest BCUT2D eigenvalue weighted by molar-refractivity contribution is 5.78. The minimum absolute atomic E-state index is 0.241. The quantitative estimate of drug-likeness (QED) is 0.810. The van der Waals surface area contributed by atoms with Gasteiger partial charge in [0.05, 0.1) is 6.54 Å². The third kappa shape index (κ3) is 5.02. The number of aryl methyl sites for hydroxylation is 1. The zero-order valence-electron chi connectivity index (χ0n) is 14.0. The zero-order chi connectivity index (χ0) is 15.9. The Morgan fingerprint density at radius 3 is 2.68 bits per heavy atom. The van der Waals surface area contributed by atoms with Crippen molar-refractivity contribution < 1.29 is 9.53 Å². The molecular formula is C18H28N2O2. The number of carbonyl (C=O) groups is 1. The number of hydrogen-bond acceptors (Lipinski definition) is 3. The highest BCUT2D eigenvalue weighted by atomic mass is 16.5. The summed E-state index contributed by atoms with van der Waals surface area (Å²) in [6.07, 6.45) is 2.26. The molecule has 0 spiro atoms. The van der Waals surface area contributed by atoms with E-state index in [1.807, 2.05) is 48.0 Å². The van der Waals surface area contributed by atoms with Crippen LogP contribution in [0.4, 0.5) is 0 Å². The van der Waals surface area contributed by atoms with Gasteiger partial charge in [0, 0.05) is 19.6 Å². The van der Waals surface area contributed by atoms with Gasteiger partial charge in [-0.25, -0.2) is 0 Å². The lowest BCUT2D eigenvalue weighted by molar-refractivity contribution is -0.133. The molecule has 0 atom stereocenters. The monoisotopic (exact) mass is 304 g/mol. The van der Waals surface area contributed by atoms with Gasteiger partial charge < -0.3 is 9.64 Å². The summed E-state index contributed by atoms with van der Waals surface area (Å²) in [4.78, 5) is 16.3. The molecule has 122 valence electrons. The number of likely N-dealkylation sites (tertiary alicyclic amines) is 1. The number of nitrogens with zero attached hydrogens (tertiary/aromatic N) is 2. The summed E-state index contributed by atoms with van der Waals surface area (Å²) in [5.74, 6) is 1.92. The SMILES string of the molecule is Cc1ccccc1OCCN(C)CC(=O)N1CCC(C)CC1. The second-order valence-electron chi connectivity index (χ2n) is 6.42. The number of rotatable bonds is 6. The van der Waals surface area contributed by atoms with E-state index < -0.39 is 0 Å². The Labute approximate surface area is 134 Å². The van der Waals surface area contributed by atoms with E-state index >= 15 is 0 Å². The smallest absolute Gasteiger partial charge is 0.236 e. The molecule has 0 aromatic heterocycles. The van der Waals surface area contributed by atoms with E-state index in [-0.39, 0.29) is 5.91 Å². The first kappa shape index (κ1) is 16.8. The van der Waals surface area contributed by atoms with E-state index in [0.717, 1.165) is 49.7 Å². The van der Waals surface area contributed by atoms with Crippen LogP contribution in [0.25, 0.3) is 0 Å². The zero-order valence-corrected chi connectivity index (χ0v) is 14.0. The number of piperidine rings is 1. The molecule has 1 fully saturated rings. The van der Waals surface area contributed by atoms with Crippen molar-refractivity contribution in [2.45, 2.75) is 26.7 Å². The van der Waals surface area contributed by atoms with E-state index in [9.17, 15) is 4.79 Å². The first-order valence-electron chi connectivity index (χ1n) is 8.21. The van der Waals surface area contributed by atoms with Gasteiger partial charge in [-0.05, 0) is 44.4 Å². The Morgan fingerprint density at radius 2 is 2.00 bits per heavy atom. The molecule has 1 aliphatic heterocycles. The maximum absolute atomic E-state index is 12.2. The summed E-state index contributed by atoms with van der Waals surface area (Å²) in [5, 5.41) is 0. The lowest BCUT2D eigenvalue weighted by Gasteiger charge is -2.31. The van der Waals surface area contributed by atoms with Crippen LogP contribution >= 0.6 is 0 Å². The molecule has 1 aromatic rings. The maximum Gasteiger partial charge on any atom is 0.236 e. The van der Waals surface area contributed by atoms with Gasteiger partial charge in [0.2, 0.25) is 5.91 Å². The second kappa shape index (κ2) is 8.18. The van der Waals surface area contributed by atoms with Crippen LogP contribution in [-0.4, -0.2) is 55.5 Å². The molecule has 0 radical (unpaired) electrons. The molecule has 0 aliphatic carbocycles. The third-order valence-electron chi connectivity index (χ3n) is 4.37. The van der Waals surface area contributed by atoms with Gasteiger partial charge in [-0.3, -0.25) is 9.69 Å². The van der Waals surface area contributed by atoms with Crippen molar-refractivity contribution in [1.82, 2.24) is 9.80 Å². The lowest BCUT2D eigenvalue weighted by Crippen LogP contribution is -2.43.